The first-order valence-electron chi connectivity index (χ1n) is 3.26. The third kappa shape index (κ3) is 2.66. The molecule has 0 spiro atoms. The van der Waals surface area contributed by atoms with Crippen molar-refractivity contribution in [1.29, 1.82) is 0 Å². The minimum atomic E-state index is -3.06. The second-order valence-corrected chi connectivity index (χ2v) is 4.78. The molecule has 0 aromatic heterocycles. The average molecular weight is 166 g/mol. The third-order valence-electron chi connectivity index (χ3n) is 1.49. The van der Waals surface area contributed by atoms with Crippen LogP contribution in [0.3, 0.4) is 0 Å². The number of rotatable bonds is 3. The maximum absolute atomic E-state index is 10.8. The first kappa shape index (κ1) is 9.91. The number of hydrogen-bond donors (Lipinski definition) is 1. The minimum Gasteiger partial charge on any atom is -0.392 e. The van der Waals surface area contributed by atoms with Crippen molar-refractivity contribution in [2.45, 2.75) is 31.6 Å². The van der Waals surface area contributed by atoms with Gasteiger partial charge in [0.15, 0.2) is 9.84 Å². The van der Waals surface area contributed by atoms with Crippen LogP contribution in [0.25, 0.3) is 0 Å². The first-order chi connectivity index (χ1) is 4.39. The molecular weight excluding hydrogens is 152 g/mol. The molecule has 0 aromatic carbocycles. The molecule has 62 valence electrons. The molecule has 1 N–H and O–H groups in total. The van der Waals surface area contributed by atoms with E-state index in [0.29, 0.717) is 6.42 Å². The molecule has 3 nitrogen and oxygen atoms in total. The lowest BCUT2D eigenvalue weighted by Crippen LogP contribution is -2.30. The third-order valence-corrected chi connectivity index (χ3v) is 3.32. The standard InChI is InChI=1S/C6H14O3S/c1-4-6(5(2)7)10(3,8)9/h5-7H,4H2,1-3H3/t5-,6+/m0/s1. The molecular formula is C6H14O3S. The van der Waals surface area contributed by atoms with Gasteiger partial charge in [-0.05, 0) is 13.3 Å². The summed E-state index contributed by atoms with van der Waals surface area (Å²) in [7, 11) is -3.06. The zero-order valence-electron chi connectivity index (χ0n) is 6.53. The quantitative estimate of drug-likeness (QED) is 0.651. The van der Waals surface area contributed by atoms with E-state index in [-0.39, 0.29) is 0 Å². The Hall–Kier alpha value is -0.0900. The van der Waals surface area contributed by atoms with E-state index < -0.39 is 21.2 Å². The molecule has 0 rings (SSSR count). The maximum Gasteiger partial charge on any atom is 0.152 e. The SMILES string of the molecule is CC[C@H]([C@H](C)O)S(C)(=O)=O. The monoisotopic (exact) mass is 166 g/mol. The molecule has 0 bridgehead atoms. The highest BCUT2D eigenvalue weighted by Gasteiger charge is 2.23. The summed E-state index contributed by atoms with van der Waals surface area (Å²) in [6.45, 7) is 3.24. The highest BCUT2D eigenvalue weighted by Crippen LogP contribution is 2.08. The molecule has 0 aliphatic carbocycles. The van der Waals surface area contributed by atoms with Gasteiger partial charge in [-0.25, -0.2) is 8.42 Å². The Bertz CT molecular complexity index is 181. The predicted molar refractivity (Wildman–Crippen MR) is 40.6 cm³/mol. The van der Waals surface area contributed by atoms with Gasteiger partial charge in [0.05, 0.1) is 11.4 Å². The van der Waals surface area contributed by atoms with Crippen molar-refractivity contribution in [2.75, 3.05) is 6.26 Å². The summed E-state index contributed by atoms with van der Waals surface area (Å²) in [4.78, 5) is 0. The molecule has 0 unspecified atom stereocenters. The molecule has 0 aliphatic heterocycles. The summed E-state index contributed by atoms with van der Waals surface area (Å²) in [5.41, 5.74) is 0. The lowest BCUT2D eigenvalue weighted by molar-refractivity contribution is 0.186. The average Bonchev–Trinajstić information content (AvgIpc) is 1.60. The Morgan fingerprint density at radius 3 is 1.90 bits per heavy atom. The number of sulfone groups is 1. The minimum absolute atomic E-state index is 0.469. The molecule has 0 fully saturated rings. The molecule has 0 saturated heterocycles. The molecule has 0 amide bonds. The van der Waals surface area contributed by atoms with E-state index >= 15 is 0 Å². The van der Waals surface area contributed by atoms with E-state index in [0.717, 1.165) is 6.26 Å². The van der Waals surface area contributed by atoms with Crippen molar-refractivity contribution in [3.8, 4) is 0 Å². The lowest BCUT2D eigenvalue weighted by atomic mass is 10.2. The van der Waals surface area contributed by atoms with Crippen LogP contribution in [0.4, 0.5) is 0 Å². The fraction of sp³-hybridized carbons (Fsp3) is 1.00. The molecule has 10 heavy (non-hydrogen) atoms. The van der Waals surface area contributed by atoms with E-state index in [1.807, 2.05) is 0 Å². The maximum atomic E-state index is 10.8. The summed E-state index contributed by atoms with van der Waals surface area (Å²) >= 11 is 0. The van der Waals surface area contributed by atoms with Crippen molar-refractivity contribution < 1.29 is 13.5 Å². The highest BCUT2D eigenvalue weighted by molar-refractivity contribution is 7.91. The van der Waals surface area contributed by atoms with Crippen molar-refractivity contribution in [2.24, 2.45) is 0 Å². The van der Waals surface area contributed by atoms with Crippen LogP contribution in [-0.4, -0.2) is 31.1 Å². The van der Waals surface area contributed by atoms with Crippen LogP contribution in [0.1, 0.15) is 20.3 Å². The molecule has 0 aliphatic rings. The second-order valence-electron chi connectivity index (χ2n) is 2.52. The van der Waals surface area contributed by atoms with Gasteiger partial charge in [-0.15, -0.1) is 0 Å². The first-order valence-corrected chi connectivity index (χ1v) is 5.22. The largest absolute Gasteiger partial charge is 0.392 e. The summed E-state index contributed by atoms with van der Waals surface area (Å²) in [6, 6.07) is 0. The van der Waals surface area contributed by atoms with Crippen LogP contribution in [0, 0.1) is 0 Å². The Balaban J connectivity index is 4.38. The Morgan fingerprint density at radius 1 is 1.50 bits per heavy atom. The fourth-order valence-electron chi connectivity index (χ4n) is 1.00. The normalized spacial score (nSPS) is 18.4. The smallest absolute Gasteiger partial charge is 0.152 e. The van der Waals surface area contributed by atoms with E-state index in [1.54, 1.807) is 6.92 Å². The van der Waals surface area contributed by atoms with Crippen LogP contribution in [-0.2, 0) is 9.84 Å². The predicted octanol–water partition coefficient (Wildman–Crippen LogP) is 0.190. The van der Waals surface area contributed by atoms with Gasteiger partial charge < -0.3 is 5.11 Å². The highest BCUT2D eigenvalue weighted by atomic mass is 32.2. The molecule has 0 saturated carbocycles. The number of hydrogen-bond acceptors (Lipinski definition) is 3. The van der Waals surface area contributed by atoms with Gasteiger partial charge >= 0.3 is 0 Å². The molecule has 2 atom stereocenters. The van der Waals surface area contributed by atoms with E-state index in [9.17, 15) is 8.42 Å². The Labute approximate surface area is 62.0 Å². The van der Waals surface area contributed by atoms with Gasteiger partial charge in [0, 0.05) is 6.26 Å². The van der Waals surface area contributed by atoms with E-state index in [1.165, 1.54) is 6.92 Å². The van der Waals surface area contributed by atoms with Gasteiger partial charge in [0.25, 0.3) is 0 Å². The van der Waals surface area contributed by atoms with Gasteiger partial charge in [-0.3, -0.25) is 0 Å². The van der Waals surface area contributed by atoms with E-state index in [4.69, 9.17) is 5.11 Å². The molecule has 0 heterocycles. The topological polar surface area (TPSA) is 54.4 Å². The Kier molecular flexibility index (Phi) is 3.31. The molecule has 4 heteroatoms. The van der Waals surface area contributed by atoms with Gasteiger partial charge in [0.2, 0.25) is 0 Å². The lowest BCUT2D eigenvalue weighted by Gasteiger charge is -2.14. The number of aliphatic hydroxyl groups excluding tert-OH is 1. The van der Waals surface area contributed by atoms with Crippen molar-refractivity contribution >= 4 is 9.84 Å². The van der Waals surface area contributed by atoms with Crippen molar-refractivity contribution in [3.63, 3.8) is 0 Å². The number of aliphatic hydroxyl groups is 1. The summed E-state index contributed by atoms with van der Waals surface area (Å²) in [5, 5.41) is 8.36. The zero-order chi connectivity index (χ0) is 8.36. The fourth-order valence-corrected chi connectivity index (χ4v) is 2.32. The van der Waals surface area contributed by atoms with Gasteiger partial charge in [-0.1, -0.05) is 6.92 Å². The van der Waals surface area contributed by atoms with Crippen LogP contribution >= 0.6 is 0 Å². The van der Waals surface area contributed by atoms with Crippen LogP contribution in [0.5, 0.6) is 0 Å². The summed E-state index contributed by atoms with van der Waals surface area (Å²) < 4.78 is 21.7. The van der Waals surface area contributed by atoms with Crippen LogP contribution in [0.2, 0.25) is 0 Å². The van der Waals surface area contributed by atoms with Gasteiger partial charge in [-0.2, -0.15) is 0 Å². The van der Waals surface area contributed by atoms with Crippen molar-refractivity contribution in [1.82, 2.24) is 0 Å². The molecule has 0 radical (unpaired) electrons. The zero-order valence-corrected chi connectivity index (χ0v) is 7.35. The van der Waals surface area contributed by atoms with E-state index in [2.05, 4.69) is 0 Å². The van der Waals surface area contributed by atoms with Crippen LogP contribution < -0.4 is 0 Å². The molecule has 0 aromatic rings. The summed E-state index contributed by atoms with van der Waals surface area (Å²) in [6.07, 6.45) is 0.852. The van der Waals surface area contributed by atoms with Crippen molar-refractivity contribution in [3.05, 3.63) is 0 Å². The Morgan fingerprint density at radius 2 is 1.90 bits per heavy atom. The summed E-state index contributed by atoms with van der Waals surface area (Å²) in [5.74, 6) is 0. The van der Waals surface area contributed by atoms with Gasteiger partial charge in [0.1, 0.15) is 0 Å². The van der Waals surface area contributed by atoms with Crippen LogP contribution in [0.15, 0.2) is 0 Å². The second kappa shape index (κ2) is 3.34.